The number of ether oxygens (including phenoxy) is 3. The zero-order valence-corrected chi connectivity index (χ0v) is 18.2. The SMILES string of the molecule is COCCN(CCOC)C(=O)COc1cc2oc(=O)cc(-c3ccccc3)c2cc1Cl. The van der Waals surface area contributed by atoms with Gasteiger partial charge in [-0.25, -0.2) is 4.79 Å². The number of carbonyl (C=O) groups excluding carboxylic acids is 1. The van der Waals surface area contributed by atoms with E-state index in [1.165, 1.54) is 12.1 Å². The molecule has 3 aromatic rings. The first-order chi connectivity index (χ1) is 15.0. The number of fused-ring (bicyclic) bond motifs is 1. The summed E-state index contributed by atoms with van der Waals surface area (Å²) in [7, 11) is 3.14. The van der Waals surface area contributed by atoms with Crippen LogP contribution in [0.15, 0.2) is 57.7 Å². The molecule has 0 atom stereocenters. The van der Waals surface area contributed by atoms with Crippen LogP contribution in [0, 0.1) is 0 Å². The van der Waals surface area contributed by atoms with E-state index in [4.69, 9.17) is 30.2 Å². The molecule has 1 heterocycles. The molecule has 7 nitrogen and oxygen atoms in total. The summed E-state index contributed by atoms with van der Waals surface area (Å²) < 4.78 is 21.1. The maximum absolute atomic E-state index is 12.6. The average molecular weight is 446 g/mol. The summed E-state index contributed by atoms with van der Waals surface area (Å²) in [5.74, 6) is 0.0269. The van der Waals surface area contributed by atoms with Crippen LogP contribution in [0.2, 0.25) is 5.02 Å². The summed E-state index contributed by atoms with van der Waals surface area (Å²) in [6.07, 6.45) is 0. The van der Waals surface area contributed by atoms with Gasteiger partial charge in [0.05, 0.1) is 18.2 Å². The zero-order valence-electron chi connectivity index (χ0n) is 17.4. The fraction of sp³-hybridized carbons (Fsp3) is 0.304. The smallest absolute Gasteiger partial charge is 0.336 e. The third kappa shape index (κ3) is 5.85. The van der Waals surface area contributed by atoms with Gasteiger partial charge in [-0.2, -0.15) is 0 Å². The zero-order chi connectivity index (χ0) is 22.2. The molecule has 0 spiro atoms. The molecule has 164 valence electrons. The van der Waals surface area contributed by atoms with Crippen LogP contribution >= 0.6 is 11.6 Å². The first kappa shape index (κ1) is 22.8. The number of carbonyl (C=O) groups is 1. The van der Waals surface area contributed by atoms with Crippen molar-refractivity contribution in [2.45, 2.75) is 0 Å². The molecule has 0 fully saturated rings. The van der Waals surface area contributed by atoms with Crippen molar-refractivity contribution in [2.75, 3.05) is 47.1 Å². The highest BCUT2D eigenvalue weighted by Gasteiger charge is 2.17. The van der Waals surface area contributed by atoms with Crippen molar-refractivity contribution < 1.29 is 23.4 Å². The third-order valence-electron chi connectivity index (χ3n) is 4.72. The van der Waals surface area contributed by atoms with E-state index in [2.05, 4.69) is 0 Å². The highest BCUT2D eigenvalue weighted by Crippen LogP contribution is 2.34. The van der Waals surface area contributed by atoms with E-state index in [0.717, 1.165) is 5.56 Å². The standard InChI is InChI=1S/C23H24ClNO6/c1-28-10-8-25(9-11-29-2)22(26)15-30-21-14-20-18(12-19(21)24)17(13-23(27)31-20)16-6-4-3-5-7-16/h3-7,12-14H,8-11,15H2,1-2H3. The molecular formula is C23H24ClNO6. The van der Waals surface area contributed by atoms with Crippen LogP contribution in [0.1, 0.15) is 0 Å². The quantitative estimate of drug-likeness (QED) is 0.443. The van der Waals surface area contributed by atoms with Gasteiger partial charge in [0.2, 0.25) is 0 Å². The minimum atomic E-state index is -0.485. The van der Waals surface area contributed by atoms with E-state index in [0.29, 0.717) is 47.9 Å². The summed E-state index contributed by atoms with van der Waals surface area (Å²) in [4.78, 5) is 26.3. The second-order valence-electron chi connectivity index (χ2n) is 6.78. The fourth-order valence-electron chi connectivity index (χ4n) is 3.13. The summed E-state index contributed by atoms with van der Waals surface area (Å²) in [6.45, 7) is 1.42. The van der Waals surface area contributed by atoms with E-state index in [-0.39, 0.29) is 18.3 Å². The molecule has 0 bridgehead atoms. The van der Waals surface area contributed by atoms with E-state index in [1.807, 2.05) is 30.3 Å². The fourth-order valence-corrected chi connectivity index (χ4v) is 3.34. The Kier molecular flexibility index (Phi) is 8.06. The molecule has 1 amide bonds. The van der Waals surface area contributed by atoms with E-state index < -0.39 is 5.63 Å². The van der Waals surface area contributed by atoms with Crippen molar-refractivity contribution in [2.24, 2.45) is 0 Å². The number of halogens is 1. The second-order valence-corrected chi connectivity index (χ2v) is 7.19. The number of methoxy groups -OCH3 is 2. The van der Waals surface area contributed by atoms with Crippen molar-refractivity contribution in [1.82, 2.24) is 4.90 Å². The Balaban J connectivity index is 1.84. The Morgan fingerprint density at radius 3 is 2.35 bits per heavy atom. The summed E-state index contributed by atoms with van der Waals surface area (Å²) >= 11 is 6.42. The molecule has 0 unspecified atom stereocenters. The van der Waals surface area contributed by atoms with E-state index in [1.54, 1.807) is 25.2 Å². The summed E-state index contributed by atoms with van der Waals surface area (Å²) in [5.41, 5.74) is 1.42. The largest absolute Gasteiger partial charge is 0.482 e. The first-order valence-electron chi connectivity index (χ1n) is 9.74. The van der Waals surface area contributed by atoms with Gasteiger partial charge >= 0.3 is 5.63 Å². The first-order valence-corrected chi connectivity index (χ1v) is 10.1. The lowest BCUT2D eigenvalue weighted by Gasteiger charge is -2.22. The molecule has 1 aromatic heterocycles. The lowest BCUT2D eigenvalue weighted by Crippen LogP contribution is -2.39. The van der Waals surface area contributed by atoms with Crippen molar-refractivity contribution in [3.05, 3.63) is 64.0 Å². The summed E-state index contributed by atoms with van der Waals surface area (Å²) in [6, 6.07) is 14.1. The van der Waals surface area contributed by atoms with Gasteiger partial charge in [0.15, 0.2) is 6.61 Å². The number of benzene rings is 2. The van der Waals surface area contributed by atoms with Gasteiger partial charge in [0.25, 0.3) is 5.91 Å². The van der Waals surface area contributed by atoms with Gasteiger partial charge in [-0.05, 0) is 17.2 Å². The second kappa shape index (κ2) is 10.9. The lowest BCUT2D eigenvalue weighted by molar-refractivity contribution is -0.134. The minimum absolute atomic E-state index is 0.221. The van der Waals surface area contributed by atoms with Crippen molar-refractivity contribution in [3.63, 3.8) is 0 Å². The highest BCUT2D eigenvalue weighted by atomic mass is 35.5. The van der Waals surface area contributed by atoms with Gasteiger partial charge < -0.3 is 23.5 Å². The Bertz CT molecular complexity index is 1070. The molecule has 0 aliphatic rings. The van der Waals surface area contributed by atoms with Crippen LogP contribution < -0.4 is 10.4 Å². The monoisotopic (exact) mass is 445 g/mol. The molecule has 2 aromatic carbocycles. The van der Waals surface area contributed by atoms with Crippen LogP contribution in [0.25, 0.3) is 22.1 Å². The molecule has 0 saturated heterocycles. The Morgan fingerprint density at radius 1 is 1.03 bits per heavy atom. The Hall–Kier alpha value is -2.87. The predicted molar refractivity (Wildman–Crippen MR) is 119 cm³/mol. The van der Waals surface area contributed by atoms with Crippen LogP contribution in [0.5, 0.6) is 5.75 Å². The topological polar surface area (TPSA) is 78.2 Å². The lowest BCUT2D eigenvalue weighted by atomic mass is 10.0. The number of hydrogen-bond donors (Lipinski definition) is 0. The Morgan fingerprint density at radius 2 is 1.71 bits per heavy atom. The predicted octanol–water partition coefficient (Wildman–Crippen LogP) is 3.61. The highest BCUT2D eigenvalue weighted by molar-refractivity contribution is 6.33. The maximum atomic E-state index is 12.6. The maximum Gasteiger partial charge on any atom is 0.336 e. The molecule has 31 heavy (non-hydrogen) atoms. The average Bonchev–Trinajstić information content (AvgIpc) is 2.78. The van der Waals surface area contributed by atoms with Crippen molar-refractivity contribution in [1.29, 1.82) is 0 Å². The van der Waals surface area contributed by atoms with E-state index >= 15 is 0 Å². The van der Waals surface area contributed by atoms with Crippen LogP contribution in [-0.2, 0) is 14.3 Å². The van der Waals surface area contributed by atoms with Gasteiger partial charge in [0, 0.05) is 44.8 Å². The van der Waals surface area contributed by atoms with Crippen molar-refractivity contribution in [3.8, 4) is 16.9 Å². The van der Waals surface area contributed by atoms with Crippen LogP contribution in [0.3, 0.4) is 0 Å². The molecule has 0 aliphatic carbocycles. The van der Waals surface area contributed by atoms with Crippen LogP contribution in [0.4, 0.5) is 0 Å². The number of amides is 1. The normalized spacial score (nSPS) is 10.9. The number of hydrogen-bond acceptors (Lipinski definition) is 6. The van der Waals surface area contributed by atoms with Gasteiger partial charge in [-0.1, -0.05) is 41.9 Å². The van der Waals surface area contributed by atoms with Gasteiger partial charge in [0.1, 0.15) is 11.3 Å². The molecule has 0 saturated carbocycles. The van der Waals surface area contributed by atoms with Gasteiger partial charge in [-0.3, -0.25) is 4.79 Å². The van der Waals surface area contributed by atoms with Gasteiger partial charge in [-0.15, -0.1) is 0 Å². The summed E-state index contributed by atoms with van der Waals surface area (Å²) in [5, 5.41) is 0.989. The molecule has 3 rings (SSSR count). The van der Waals surface area contributed by atoms with E-state index in [9.17, 15) is 9.59 Å². The molecule has 8 heteroatoms. The third-order valence-corrected chi connectivity index (χ3v) is 5.01. The molecule has 0 aliphatic heterocycles. The number of rotatable bonds is 10. The minimum Gasteiger partial charge on any atom is -0.482 e. The molecule has 0 N–H and O–H groups in total. The molecular weight excluding hydrogens is 422 g/mol. The number of nitrogens with zero attached hydrogens (tertiary/aromatic N) is 1. The Labute approximate surface area is 185 Å². The van der Waals surface area contributed by atoms with Crippen molar-refractivity contribution >= 4 is 28.5 Å². The molecule has 0 radical (unpaired) electrons. The van der Waals surface area contributed by atoms with Crippen LogP contribution in [-0.4, -0.2) is 57.9 Å².